The Morgan fingerprint density at radius 3 is 2.76 bits per heavy atom. The lowest BCUT2D eigenvalue weighted by Crippen LogP contribution is -2.48. The van der Waals surface area contributed by atoms with Gasteiger partial charge in [-0.2, -0.15) is 9.61 Å². The van der Waals surface area contributed by atoms with Crippen LogP contribution < -0.4 is 21.5 Å². The molecular formula is C22H26FN7O3. The third kappa shape index (κ3) is 4.04. The SMILES string of the molecule is CNc1cc(Nc2cccn(C3CCOCC3)c2=O)nc2c(C(=O)NC3CC[C@H]3F)cnn12. The maximum absolute atomic E-state index is 13.6. The monoisotopic (exact) mass is 455 g/mol. The first-order valence-corrected chi connectivity index (χ1v) is 11.1. The molecule has 0 radical (unpaired) electrons. The van der Waals surface area contributed by atoms with Crippen molar-refractivity contribution in [2.75, 3.05) is 30.9 Å². The molecule has 2 aliphatic rings. The number of anilines is 3. The van der Waals surface area contributed by atoms with Gasteiger partial charge in [0.1, 0.15) is 29.1 Å². The van der Waals surface area contributed by atoms with Crippen LogP contribution in [0.3, 0.4) is 0 Å². The molecule has 1 saturated heterocycles. The lowest BCUT2D eigenvalue weighted by atomic mass is 9.90. The number of hydrogen-bond acceptors (Lipinski definition) is 7. The van der Waals surface area contributed by atoms with Crippen molar-refractivity contribution < 1.29 is 13.9 Å². The summed E-state index contributed by atoms with van der Waals surface area (Å²) in [6, 6.07) is 4.83. The van der Waals surface area contributed by atoms with E-state index in [1.807, 2.05) is 6.07 Å². The molecule has 1 amide bonds. The third-order valence-corrected chi connectivity index (χ3v) is 6.30. The highest BCUT2D eigenvalue weighted by Gasteiger charge is 2.33. The molecule has 2 fully saturated rings. The molecule has 3 aromatic heterocycles. The van der Waals surface area contributed by atoms with E-state index in [1.54, 1.807) is 29.9 Å². The Kier molecular flexibility index (Phi) is 5.71. The quantitative estimate of drug-likeness (QED) is 0.522. The number of fused-ring (bicyclic) bond motifs is 1. The predicted molar refractivity (Wildman–Crippen MR) is 121 cm³/mol. The Bertz CT molecular complexity index is 1230. The number of pyridine rings is 1. The molecule has 5 rings (SSSR count). The minimum Gasteiger partial charge on any atom is -0.381 e. The summed E-state index contributed by atoms with van der Waals surface area (Å²) >= 11 is 0. The molecule has 1 aliphatic heterocycles. The second-order valence-corrected chi connectivity index (χ2v) is 8.35. The van der Waals surface area contributed by atoms with Gasteiger partial charge < -0.3 is 25.3 Å². The number of rotatable bonds is 6. The normalized spacial score (nSPS) is 20.9. The average Bonchev–Trinajstić information content (AvgIpc) is 3.27. The van der Waals surface area contributed by atoms with Crippen LogP contribution in [-0.4, -0.2) is 57.5 Å². The summed E-state index contributed by atoms with van der Waals surface area (Å²) in [5, 5.41) is 13.1. The van der Waals surface area contributed by atoms with E-state index in [0.29, 0.717) is 49.0 Å². The second kappa shape index (κ2) is 8.81. The number of carbonyl (C=O) groups excluding carboxylic acids is 1. The Hall–Kier alpha value is -3.47. The molecule has 0 spiro atoms. The first-order chi connectivity index (χ1) is 16.0. The summed E-state index contributed by atoms with van der Waals surface area (Å²) in [6.45, 7) is 1.27. The third-order valence-electron chi connectivity index (χ3n) is 6.30. The molecule has 33 heavy (non-hydrogen) atoms. The minimum absolute atomic E-state index is 0.0901. The second-order valence-electron chi connectivity index (χ2n) is 8.35. The fraction of sp³-hybridized carbons (Fsp3) is 0.455. The van der Waals surface area contributed by atoms with E-state index in [4.69, 9.17) is 4.74 Å². The number of halogens is 1. The number of nitrogens with one attached hydrogen (secondary N) is 3. The number of aromatic nitrogens is 4. The van der Waals surface area contributed by atoms with Gasteiger partial charge in [0, 0.05) is 38.6 Å². The van der Waals surface area contributed by atoms with Crippen LogP contribution in [0.2, 0.25) is 0 Å². The Labute approximate surface area is 189 Å². The molecule has 1 aliphatic carbocycles. The molecule has 10 nitrogen and oxygen atoms in total. The molecule has 0 aromatic carbocycles. The minimum atomic E-state index is -1.02. The van der Waals surface area contributed by atoms with Crippen molar-refractivity contribution in [3.8, 4) is 0 Å². The van der Waals surface area contributed by atoms with Gasteiger partial charge in [0.25, 0.3) is 11.5 Å². The van der Waals surface area contributed by atoms with Crippen LogP contribution in [-0.2, 0) is 4.74 Å². The van der Waals surface area contributed by atoms with Gasteiger partial charge in [-0.3, -0.25) is 9.59 Å². The van der Waals surface area contributed by atoms with Crippen LogP contribution in [0.1, 0.15) is 42.1 Å². The van der Waals surface area contributed by atoms with Crippen molar-refractivity contribution >= 4 is 28.9 Å². The van der Waals surface area contributed by atoms with Crippen molar-refractivity contribution in [1.82, 2.24) is 24.5 Å². The van der Waals surface area contributed by atoms with Gasteiger partial charge in [0.05, 0.1) is 12.2 Å². The highest BCUT2D eigenvalue weighted by Crippen LogP contribution is 2.25. The molecule has 11 heteroatoms. The van der Waals surface area contributed by atoms with Crippen LogP contribution >= 0.6 is 0 Å². The van der Waals surface area contributed by atoms with Gasteiger partial charge in [-0.25, -0.2) is 9.37 Å². The molecule has 3 N–H and O–H groups in total. The topological polar surface area (TPSA) is 115 Å². The zero-order valence-corrected chi connectivity index (χ0v) is 18.3. The fourth-order valence-electron chi connectivity index (χ4n) is 4.23. The van der Waals surface area contributed by atoms with Gasteiger partial charge in [-0.15, -0.1) is 0 Å². The van der Waals surface area contributed by atoms with Crippen molar-refractivity contribution in [2.24, 2.45) is 0 Å². The standard InChI is InChI=1S/C22H26FN7O3/c1-24-19-11-18(26-17-3-2-8-29(22(17)32)13-6-9-33-10-7-13)28-20-14(12-25-30(19)20)21(31)27-16-5-4-15(16)23/h2-3,8,11-13,15-16,24H,4-7,9-10H2,1H3,(H,26,28)(H,27,31)/t15-,16?/m1/s1. The molecule has 3 aromatic rings. The highest BCUT2D eigenvalue weighted by molar-refractivity contribution is 6.00. The molecule has 174 valence electrons. The van der Waals surface area contributed by atoms with E-state index in [2.05, 4.69) is 26.0 Å². The molecule has 2 atom stereocenters. The van der Waals surface area contributed by atoms with Crippen LogP contribution in [0.5, 0.6) is 0 Å². The maximum Gasteiger partial charge on any atom is 0.274 e. The largest absolute Gasteiger partial charge is 0.381 e. The number of alkyl halides is 1. The first kappa shape index (κ1) is 21.4. The van der Waals surface area contributed by atoms with Gasteiger partial charge in [0.2, 0.25) is 0 Å². The van der Waals surface area contributed by atoms with E-state index >= 15 is 0 Å². The lowest BCUT2D eigenvalue weighted by Gasteiger charge is -2.30. The van der Waals surface area contributed by atoms with Crippen molar-refractivity contribution in [3.63, 3.8) is 0 Å². The van der Waals surface area contributed by atoms with Crippen LogP contribution in [0, 0.1) is 0 Å². The van der Waals surface area contributed by atoms with Crippen LogP contribution in [0.15, 0.2) is 35.4 Å². The summed E-state index contributed by atoms with van der Waals surface area (Å²) in [5.41, 5.74) is 0.768. The molecular weight excluding hydrogens is 429 g/mol. The van der Waals surface area contributed by atoms with Gasteiger partial charge in [-0.05, 0) is 37.8 Å². The summed E-state index contributed by atoms with van der Waals surface area (Å²) in [4.78, 5) is 30.4. The van der Waals surface area contributed by atoms with Gasteiger partial charge in [0.15, 0.2) is 5.65 Å². The number of nitrogens with zero attached hydrogens (tertiary/aromatic N) is 4. The maximum atomic E-state index is 13.6. The molecule has 1 unspecified atom stereocenters. The van der Waals surface area contributed by atoms with E-state index in [1.165, 1.54) is 10.7 Å². The van der Waals surface area contributed by atoms with E-state index < -0.39 is 18.1 Å². The predicted octanol–water partition coefficient (Wildman–Crippen LogP) is 2.26. The van der Waals surface area contributed by atoms with Gasteiger partial charge in [-0.1, -0.05) is 0 Å². The molecule has 0 bridgehead atoms. The van der Waals surface area contributed by atoms with E-state index in [9.17, 15) is 14.0 Å². The smallest absolute Gasteiger partial charge is 0.274 e. The fourth-order valence-corrected chi connectivity index (χ4v) is 4.23. The molecule has 4 heterocycles. The Morgan fingerprint density at radius 1 is 1.24 bits per heavy atom. The van der Waals surface area contributed by atoms with E-state index in [-0.39, 0.29) is 17.2 Å². The summed E-state index contributed by atoms with van der Waals surface area (Å²) < 4.78 is 22.3. The van der Waals surface area contributed by atoms with Crippen molar-refractivity contribution in [3.05, 3.63) is 46.5 Å². The summed E-state index contributed by atoms with van der Waals surface area (Å²) in [6.07, 6.45) is 4.81. The number of ether oxygens (including phenoxy) is 1. The average molecular weight is 455 g/mol. The van der Waals surface area contributed by atoms with Crippen LogP contribution in [0.4, 0.5) is 21.7 Å². The number of amides is 1. The summed E-state index contributed by atoms with van der Waals surface area (Å²) in [7, 11) is 1.72. The highest BCUT2D eigenvalue weighted by atomic mass is 19.1. The van der Waals surface area contributed by atoms with E-state index in [0.717, 1.165) is 12.8 Å². The van der Waals surface area contributed by atoms with Crippen molar-refractivity contribution in [1.29, 1.82) is 0 Å². The lowest BCUT2D eigenvalue weighted by molar-refractivity contribution is 0.0687. The first-order valence-electron chi connectivity index (χ1n) is 11.1. The van der Waals surface area contributed by atoms with Crippen molar-refractivity contribution in [2.45, 2.75) is 43.9 Å². The number of carbonyl (C=O) groups is 1. The Morgan fingerprint density at radius 2 is 2.06 bits per heavy atom. The van der Waals surface area contributed by atoms with Crippen LogP contribution in [0.25, 0.3) is 5.65 Å². The number of hydrogen-bond donors (Lipinski definition) is 3. The summed E-state index contributed by atoms with van der Waals surface area (Å²) in [5.74, 6) is 0.537. The zero-order chi connectivity index (χ0) is 22.9. The van der Waals surface area contributed by atoms with Gasteiger partial charge >= 0.3 is 0 Å². The Balaban J connectivity index is 1.46. The molecule has 1 saturated carbocycles. The zero-order valence-electron chi connectivity index (χ0n) is 18.3.